The quantitative estimate of drug-likeness (QED) is 0.773. The summed E-state index contributed by atoms with van der Waals surface area (Å²) >= 11 is 5.37. The van der Waals surface area contributed by atoms with Crippen LogP contribution in [0, 0.1) is 0 Å². The number of fused-ring (bicyclic) bond motifs is 1. The van der Waals surface area contributed by atoms with E-state index < -0.39 is 11.2 Å². The number of rotatable bonds is 3. The van der Waals surface area contributed by atoms with Crippen LogP contribution in [0.3, 0.4) is 0 Å². The fourth-order valence-corrected chi connectivity index (χ4v) is 2.24. The summed E-state index contributed by atoms with van der Waals surface area (Å²) in [7, 11) is 3.25. The first kappa shape index (κ1) is 11.9. The average Bonchev–Trinajstić information content (AvgIpc) is 2.53. The Balaban J connectivity index is 2.45. The standard InChI is InChI=1S/C12H12ClNO3/c1-14-10-4-3-7(17-2)5-8(10)9(12(14)16)6-11(13)15/h3-5,9H,6H2,1-2H3. The van der Waals surface area contributed by atoms with Gasteiger partial charge in [-0.25, -0.2) is 0 Å². The van der Waals surface area contributed by atoms with Crippen LogP contribution in [0.15, 0.2) is 18.2 Å². The van der Waals surface area contributed by atoms with Crippen molar-refractivity contribution >= 4 is 28.4 Å². The van der Waals surface area contributed by atoms with E-state index in [1.54, 1.807) is 31.2 Å². The number of anilines is 1. The molecule has 5 heteroatoms. The first-order chi connectivity index (χ1) is 8.04. The second-order valence-corrected chi connectivity index (χ2v) is 4.36. The maximum atomic E-state index is 12.0. The van der Waals surface area contributed by atoms with Gasteiger partial charge in [0, 0.05) is 19.2 Å². The molecule has 0 saturated carbocycles. The third-order valence-electron chi connectivity index (χ3n) is 2.96. The maximum absolute atomic E-state index is 12.0. The molecule has 1 aliphatic heterocycles. The molecule has 0 spiro atoms. The Labute approximate surface area is 104 Å². The summed E-state index contributed by atoms with van der Waals surface area (Å²) in [6, 6.07) is 5.37. The fourth-order valence-electron chi connectivity index (χ4n) is 2.09. The lowest BCUT2D eigenvalue weighted by molar-refractivity contribution is -0.121. The Bertz CT molecular complexity index is 487. The Morgan fingerprint density at radius 3 is 2.82 bits per heavy atom. The molecule has 1 amide bonds. The molecule has 0 aromatic heterocycles. The molecule has 1 heterocycles. The van der Waals surface area contributed by atoms with Gasteiger partial charge in [-0.15, -0.1) is 0 Å². The molecule has 0 N–H and O–H groups in total. The van der Waals surface area contributed by atoms with Gasteiger partial charge in [-0.2, -0.15) is 0 Å². The Kier molecular flexibility index (Phi) is 3.07. The number of ether oxygens (including phenoxy) is 1. The predicted octanol–water partition coefficient (Wildman–Crippen LogP) is 1.91. The highest BCUT2D eigenvalue weighted by Crippen LogP contribution is 2.40. The summed E-state index contributed by atoms with van der Waals surface area (Å²) in [5, 5.41) is -0.507. The first-order valence-electron chi connectivity index (χ1n) is 5.18. The third-order valence-corrected chi connectivity index (χ3v) is 3.12. The number of amides is 1. The van der Waals surface area contributed by atoms with Gasteiger partial charge in [0.15, 0.2) is 0 Å². The number of likely N-dealkylation sites (N-methyl/N-ethyl adjacent to an activating group) is 1. The van der Waals surface area contributed by atoms with Crippen molar-refractivity contribution in [1.82, 2.24) is 0 Å². The van der Waals surface area contributed by atoms with E-state index in [0.29, 0.717) is 5.75 Å². The van der Waals surface area contributed by atoms with Crippen LogP contribution in [0.4, 0.5) is 5.69 Å². The van der Waals surface area contributed by atoms with Crippen LogP contribution in [0.25, 0.3) is 0 Å². The smallest absolute Gasteiger partial charge is 0.234 e. The highest BCUT2D eigenvalue weighted by atomic mass is 35.5. The SMILES string of the molecule is COc1ccc2c(c1)C(CC(=O)Cl)C(=O)N2C. The molecule has 1 atom stereocenters. The zero-order valence-electron chi connectivity index (χ0n) is 9.57. The Morgan fingerprint density at radius 2 is 2.24 bits per heavy atom. The van der Waals surface area contributed by atoms with Crippen molar-refractivity contribution in [2.75, 3.05) is 19.1 Å². The first-order valence-corrected chi connectivity index (χ1v) is 5.56. The molecule has 1 aliphatic rings. The third kappa shape index (κ3) is 2.00. The number of nitrogens with zero attached hydrogens (tertiary/aromatic N) is 1. The van der Waals surface area contributed by atoms with Crippen LogP contribution < -0.4 is 9.64 Å². The lowest BCUT2D eigenvalue weighted by atomic mass is 9.98. The molecule has 4 nitrogen and oxygen atoms in total. The average molecular weight is 254 g/mol. The van der Waals surface area contributed by atoms with Crippen molar-refractivity contribution in [2.45, 2.75) is 12.3 Å². The maximum Gasteiger partial charge on any atom is 0.234 e. The molecule has 1 aromatic rings. The van der Waals surface area contributed by atoms with Crippen LogP contribution in [0.2, 0.25) is 0 Å². The summed E-state index contributed by atoms with van der Waals surface area (Å²) in [5.74, 6) is 0.0659. The summed E-state index contributed by atoms with van der Waals surface area (Å²) in [4.78, 5) is 24.5. The van der Waals surface area contributed by atoms with Crippen LogP contribution in [-0.4, -0.2) is 25.3 Å². The lowest BCUT2D eigenvalue weighted by Crippen LogP contribution is -2.24. The predicted molar refractivity (Wildman–Crippen MR) is 64.6 cm³/mol. The van der Waals surface area contributed by atoms with E-state index in [9.17, 15) is 9.59 Å². The van der Waals surface area contributed by atoms with Crippen molar-refractivity contribution in [3.05, 3.63) is 23.8 Å². The van der Waals surface area contributed by atoms with Crippen LogP contribution >= 0.6 is 11.6 Å². The number of carbonyl (C=O) groups excluding carboxylic acids is 2. The Morgan fingerprint density at radius 1 is 1.53 bits per heavy atom. The number of hydrogen-bond donors (Lipinski definition) is 0. The topological polar surface area (TPSA) is 46.6 Å². The molecule has 0 saturated heterocycles. The monoisotopic (exact) mass is 253 g/mol. The number of halogens is 1. The minimum atomic E-state index is -0.507. The number of methoxy groups -OCH3 is 1. The van der Waals surface area contributed by atoms with E-state index in [-0.39, 0.29) is 12.3 Å². The zero-order chi connectivity index (χ0) is 12.6. The molecule has 0 fully saturated rings. The van der Waals surface area contributed by atoms with E-state index in [0.717, 1.165) is 11.3 Å². The van der Waals surface area contributed by atoms with Gasteiger partial charge in [-0.05, 0) is 35.4 Å². The highest BCUT2D eigenvalue weighted by Gasteiger charge is 2.36. The van der Waals surface area contributed by atoms with Crippen molar-refractivity contribution in [3.8, 4) is 5.75 Å². The molecule has 0 aliphatic carbocycles. The zero-order valence-corrected chi connectivity index (χ0v) is 10.3. The van der Waals surface area contributed by atoms with Crippen LogP contribution in [-0.2, 0) is 9.59 Å². The summed E-state index contributed by atoms with van der Waals surface area (Å²) in [6.45, 7) is 0. The minimum Gasteiger partial charge on any atom is -0.497 e. The highest BCUT2D eigenvalue weighted by molar-refractivity contribution is 6.63. The van der Waals surface area contributed by atoms with Crippen molar-refractivity contribution in [3.63, 3.8) is 0 Å². The van der Waals surface area contributed by atoms with Crippen molar-refractivity contribution in [2.24, 2.45) is 0 Å². The van der Waals surface area contributed by atoms with Gasteiger partial charge < -0.3 is 9.64 Å². The second-order valence-electron chi connectivity index (χ2n) is 3.93. The van der Waals surface area contributed by atoms with Gasteiger partial charge in [0.25, 0.3) is 0 Å². The van der Waals surface area contributed by atoms with Gasteiger partial charge in [-0.1, -0.05) is 0 Å². The van der Waals surface area contributed by atoms with Crippen molar-refractivity contribution < 1.29 is 14.3 Å². The molecule has 1 unspecified atom stereocenters. The largest absolute Gasteiger partial charge is 0.497 e. The lowest BCUT2D eigenvalue weighted by Gasteiger charge is -2.10. The second kappa shape index (κ2) is 4.37. The van der Waals surface area contributed by atoms with E-state index in [2.05, 4.69) is 0 Å². The molecule has 17 heavy (non-hydrogen) atoms. The number of benzene rings is 1. The summed E-state index contributed by atoms with van der Waals surface area (Å²) in [6.07, 6.45) is 0.0187. The van der Waals surface area contributed by atoms with E-state index >= 15 is 0 Å². The van der Waals surface area contributed by atoms with Gasteiger partial charge in [0.1, 0.15) is 5.75 Å². The number of hydrogen-bond acceptors (Lipinski definition) is 3. The molecule has 0 radical (unpaired) electrons. The van der Waals surface area contributed by atoms with Crippen molar-refractivity contribution in [1.29, 1.82) is 0 Å². The molecule has 2 rings (SSSR count). The molecular formula is C12H12ClNO3. The summed E-state index contributed by atoms with van der Waals surface area (Å²) < 4.78 is 5.12. The van der Waals surface area contributed by atoms with Crippen LogP contribution in [0.5, 0.6) is 5.75 Å². The van der Waals surface area contributed by atoms with Crippen LogP contribution in [0.1, 0.15) is 17.9 Å². The molecule has 0 bridgehead atoms. The van der Waals surface area contributed by atoms with Gasteiger partial charge >= 0.3 is 0 Å². The molecular weight excluding hydrogens is 242 g/mol. The van der Waals surface area contributed by atoms with Gasteiger partial charge in [0.2, 0.25) is 11.1 Å². The van der Waals surface area contributed by atoms with Gasteiger partial charge in [-0.3, -0.25) is 9.59 Å². The van der Waals surface area contributed by atoms with E-state index in [1.807, 2.05) is 6.07 Å². The van der Waals surface area contributed by atoms with E-state index in [1.165, 1.54) is 0 Å². The van der Waals surface area contributed by atoms with E-state index in [4.69, 9.17) is 16.3 Å². The normalized spacial score (nSPS) is 18.2. The summed E-state index contributed by atoms with van der Waals surface area (Å²) in [5.41, 5.74) is 1.60. The molecule has 1 aromatic carbocycles. The Hall–Kier alpha value is -1.55. The van der Waals surface area contributed by atoms with Gasteiger partial charge in [0.05, 0.1) is 13.0 Å². The minimum absolute atomic E-state index is 0.0187. The molecule has 90 valence electrons. The fraction of sp³-hybridized carbons (Fsp3) is 0.333. The number of carbonyl (C=O) groups is 2.